The average molecular weight is 256 g/mol. The Labute approximate surface area is 104 Å². The predicted molar refractivity (Wildman–Crippen MR) is 62.6 cm³/mol. The summed E-state index contributed by atoms with van der Waals surface area (Å²) in [5.41, 5.74) is 0.0401. The minimum absolute atomic E-state index is 0.0401. The van der Waals surface area contributed by atoms with Gasteiger partial charge >= 0.3 is 11.9 Å². The molecule has 0 radical (unpaired) electrons. The van der Waals surface area contributed by atoms with Crippen molar-refractivity contribution in [2.45, 2.75) is 20.3 Å². The molecule has 0 saturated heterocycles. The first-order valence-corrected chi connectivity index (χ1v) is 5.67. The van der Waals surface area contributed by atoms with Gasteiger partial charge in [-0.05, 0) is 13.3 Å². The van der Waals surface area contributed by atoms with Crippen molar-refractivity contribution in [1.82, 2.24) is 4.98 Å². The van der Waals surface area contributed by atoms with Gasteiger partial charge in [-0.2, -0.15) is 4.98 Å². The van der Waals surface area contributed by atoms with Gasteiger partial charge in [0.05, 0.1) is 6.61 Å². The SMILES string of the molecule is CCCN(CC(=O)O)c1nc(C(=O)OCC)co1. The molecule has 1 aromatic rings. The van der Waals surface area contributed by atoms with Gasteiger partial charge in [0, 0.05) is 6.54 Å². The van der Waals surface area contributed by atoms with E-state index in [1.54, 1.807) is 6.92 Å². The molecule has 0 atom stereocenters. The fourth-order valence-electron chi connectivity index (χ4n) is 1.38. The van der Waals surface area contributed by atoms with Gasteiger partial charge in [0.2, 0.25) is 0 Å². The van der Waals surface area contributed by atoms with Gasteiger partial charge in [-0.1, -0.05) is 6.92 Å². The molecular formula is C11H16N2O5. The van der Waals surface area contributed by atoms with Crippen molar-refractivity contribution in [2.24, 2.45) is 0 Å². The summed E-state index contributed by atoms with van der Waals surface area (Å²) in [7, 11) is 0. The summed E-state index contributed by atoms with van der Waals surface area (Å²) >= 11 is 0. The van der Waals surface area contributed by atoms with Crippen LogP contribution in [0.3, 0.4) is 0 Å². The van der Waals surface area contributed by atoms with E-state index >= 15 is 0 Å². The smallest absolute Gasteiger partial charge is 0.360 e. The Morgan fingerprint density at radius 2 is 2.22 bits per heavy atom. The molecule has 0 aromatic carbocycles. The zero-order chi connectivity index (χ0) is 13.5. The van der Waals surface area contributed by atoms with Crippen molar-refractivity contribution in [2.75, 3.05) is 24.6 Å². The maximum atomic E-state index is 11.4. The Hall–Kier alpha value is -2.05. The number of hydrogen-bond acceptors (Lipinski definition) is 6. The number of nitrogens with zero attached hydrogens (tertiary/aromatic N) is 2. The lowest BCUT2D eigenvalue weighted by molar-refractivity contribution is -0.135. The molecular weight excluding hydrogens is 240 g/mol. The van der Waals surface area contributed by atoms with Crippen LogP contribution in [0.4, 0.5) is 6.01 Å². The topological polar surface area (TPSA) is 92.9 Å². The summed E-state index contributed by atoms with van der Waals surface area (Å²) in [6.45, 7) is 4.09. The first-order valence-electron chi connectivity index (χ1n) is 5.67. The van der Waals surface area contributed by atoms with Crippen LogP contribution in [0, 0.1) is 0 Å². The number of carboxylic acids is 1. The highest BCUT2D eigenvalue weighted by Gasteiger charge is 2.19. The van der Waals surface area contributed by atoms with E-state index in [0.717, 1.165) is 12.7 Å². The van der Waals surface area contributed by atoms with Gasteiger partial charge < -0.3 is 19.2 Å². The molecule has 0 fully saturated rings. The van der Waals surface area contributed by atoms with E-state index in [1.807, 2.05) is 6.92 Å². The van der Waals surface area contributed by atoms with Crippen LogP contribution >= 0.6 is 0 Å². The lowest BCUT2D eigenvalue weighted by Gasteiger charge is -2.16. The summed E-state index contributed by atoms with van der Waals surface area (Å²) in [5.74, 6) is -1.57. The number of aliphatic carboxylic acids is 1. The number of carbonyl (C=O) groups excluding carboxylic acids is 1. The third kappa shape index (κ3) is 3.76. The average Bonchev–Trinajstić information content (AvgIpc) is 2.77. The highest BCUT2D eigenvalue weighted by molar-refractivity contribution is 5.87. The maximum Gasteiger partial charge on any atom is 0.360 e. The zero-order valence-electron chi connectivity index (χ0n) is 10.4. The molecule has 7 nitrogen and oxygen atoms in total. The number of rotatable bonds is 7. The molecule has 0 aliphatic rings. The van der Waals surface area contributed by atoms with E-state index < -0.39 is 11.9 Å². The summed E-state index contributed by atoms with van der Waals surface area (Å²) in [6, 6.07) is 0.113. The Balaban J connectivity index is 2.80. The zero-order valence-corrected chi connectivity index (χ0v) is 10.4. The third-order valence-electron chi connectivity index (χ3n) is 2.07. The van der Waals surface area contributed by atoms with E-state index in [-0.39, 0.29) is 24.9 Å². The standard InChI is InChI=1S/C11H16N2O5/c1-3-5-13(6-9(14)15)11-12-8(7-18-11)10(16)17-4-2/h7H,3-6H2,1-2H3,(H,14,15). The lowest BCUT2D eigenvalue weighted by atomic mass is 10.4. The molecule has 18 heavy (non-hydrogen) atoms. The normalized spacial score (nSPS) is 10.1. The number of carbonyl (C=O) groups is 2. The first kappa shape index (κ1) is 14.0. The van der Waals surface area contributed by atoms with Crippen LogP contribution < -0.4 is 4.90 Å². The molecule has 0 spiro atoms. The van der Waals surface area contributed by atoms with Crippen molar-refractivity contribution in [3.63, 3.8) is 0 Å². The summed E-state index contributed by atoms with van der Waals surface area (Å²) in [5, 5.41) is 8.77. The quantitative estimate of drug-likeness (QED) is 0.731. The highest BCUT2D eigenvalue weighted by atomic mass is 16.5. The van der Waals surface area contributed by atoms with Gasteiger partial charge in [-0.25, -0.2) is 4.79 Å². The lowest BCUT2D eigenvalue weighted by Crippen LogP contribution is -2.30. The van der Waals surface area contributed by atoms with Gasteiger partial charge in [0.1, 0.15) is 12.8 Å². The second kappa shape index (κ2) is 6.63. The Morgan fingerprint density at radius 3 is 2.78 bits per heavy atom. The van der Waals surface area contributed by atoms with Gasteiger partial charge in [0.15, 0.2) is 5.69 Å². The number of aromatic nitrogens is 1. The first-order chi connectivity index (χ1) is 8.58. The van der Waals surface area contributed by atoms with Crippen LogP contribution in [0.15, 0.2) is 10.7 Å². The van der Waals surface area contributed by atoms with Crippen molar-refractivity contribution < 1.29 is 23.8 Å². The molecule has 1 rings (SSSR count). The summed E-state index contributed by atoms with van der Waals surface area (Å²) in [6.07, 6.45) is 1.90. The van der Waals surface area contributed by atoms with Crippen molar-refractivity contribution >= 4 is 18.0 Å². The molecule has 1 aromatic heterocycles. The minimum Gasteiger partial charge on any atom is -0.480 e. The Morgan fingerprint density at radius 1 is 1.50 bits per heavy atom. The summed E-state index contributed by atoms with van der Waals surface area (Å²) < 4.78 is 9.86. The number of anilines is 1. The maximum absolute atomic E-state index is 11.4. The van der Waals surface area contributed by atoms with E-state index in [0.29, 0.717) is 6.54 Å². The number of carboxylic acid groups (broad SMARTS) is 1. The van der Waals surface area contributed by atoms with Crippen molar-refractivity contribution in [3.05, 3.63) is 12.0 Å². The van der Waals surface area contributed by atoms with E-state index in [1.165, 1.54) is 4.90 Å². The molecule has 0 aliphatic carbocycles. The third-order valence-corrected chi connectivity index (χ3v) is 2.07. The second-order valence-corrected chi connectivity index (χ2v) is 3.55. The number of oxazole rings is 1. The molecule has 1 N–H and O–H groups in total. The van der Waals surface area contributed by atoms with Crippen LogP contribution in [0.1, 0.15) is 30.8 Å². The van der Waals surface area contributed by atoms with Crippen LogP contribution in [0.25, 0.3) is 0 Å². The molecule has 0 aliphatic heterocycles. The minimum atomic E-state index is -0.987. The predicted octanol–water partition coefficient (Wildman–Crippen LogP) is 1.15. The fraction of sp³-hybridized carbons (Fsp3) is 0.545. The van der Waals surface area contributed by atoms with Crippen LogP contribution in [0.5, 0.6) is 0 Å². The fourth-order valence-corrected chi connectivity index (χ4v) is 1.38. The largest absolute Gasteiger partial charge is 0.480 e. The van der Waals surface area contributed by atoms with E-state index in [2.05, 4.69) is 4.98 Å². The van der Waals surface area contributed by atoms with Crippen molar-refractivity contribution in [1.29, 1.82) is 0 Å². The van der Waals surface area contributed by atoms with Gasteiger partial charge in [0.25, 0.3) is 6.01 Å². The molecule has 0 unspecified atom stereocenters. The second-order valence-electron chi connectivity index (χ2n) is 3.55. The number of esters is 1. The van der Waals surface area contributed by atoms with E-state index in [9.17, 15) is 9.59 Å². The van der Waals surface area contributed by atoms with Crippen LogP contribution in [-0.4, -0.2) is 41.7 Å². The number of ether oxygens (including phenoxy) is 1. The molecule has 1 heterocycles. The molecule has 100 valence electrons. The molecule has 0 saturated carbocycles. The monoisotopic (exact) mass is 256 g/mol. The number of hydrogen-bond donors (Lipinski definition) is 1. The Kier molecular flexibility index (Phi) is 5.16. The van der Waals surface area contributed by atoms with E-state index in [4.69, 9.17) is 14.3 Å². The highest BCUT2D eigenvalue weighted by Crippen LogP contribution is 2.14. The molecule has 0 bridgehead atoms. The van der Waals surface area contributed by atoms with Gasteiger partial charge in [-0.15, -0.1) is 0 Å². The Bertz CT molecular complexity index is 415. The van der Waals surface area contributed by atoms with Gasteiger partial charge in [-0.3, -0.25) is 4.79 Å². The van der Waals surface area contributed by atoms with Crippen LogP contribution in [0.2, 0.25) is 0 Å². The molecule has 7 heteroatoms. The molecule has 0 amide bonds. The van der Waals surface area contributed by atoms with Crippen molar-refractivity contribution in [3.8, 4) is 0 Å². The van der Waals surface area contributed by atoms with Crippen LogP contribution in [-0.2, 0) is 9.53 Å². The summed E-state index contributed by atoms with van der Waals surface area (Å²) in [4.78, 5) is 27.5.